The number of halogens is 1. The molecule has 1 heterocycles. The third-order valence-corrected chi connectivity index (χ3v) is 3.56. The molecule has 0 aromatic heterocycles. The van der Waals surface area contributed by atoms with Gasteiger partial charge in [0.15, 0.2) is 0 Å². The van der Waals surface area contributed by atoms with Crippen molar-refractivity contribution >= 4 is 10.1 Å². The summed E-state index contributed by atoms with van der Waals surface area (Å²) in [6.07, 6.45) is 1.97. The molecule has 0 amide bonds. The molecule has 1 fully saturated rings. The van der Waals surface area contributed by atoms with Gasteiger partial charge in [0, 0.05) is 6.04 Å². The molecule has 6 heteroatoms. The molecular weight excluding hydrogens is 257 g/mol. The van der Waals surface area contributed by atoms with Gasteiger partial charge in [0.25, 0.3) is 10.1 Å². The van der Waals surface area contributed by atoms with E-state index in [0.29, 0.717) is 19.4 Å². The summed E-state index contributed by atoms with van der Waals surface area (Å²) in [6, 6.07) is 6.22. The number of nitrogens with one attached hydrogen (secondary N) is 1. The first-order valence-electron chi connectivity index (χ1n) is 5.81. The molecule has 1 aliphatic rings. The second-order valence-corrected chi connectivity index (χ2v) is 6.11. The number of hydrogen-bond acceptors (Lipinski definition) is 4. The molecule has 2 unspecified atom stereocenters. The van der Waals surface area contributed by atoms with E-state index in [-0.39, 0.29) is 18.0 Å². The molecule has 0 bridgehead atoms. The molecule has 1 saturated heterocycles. The molecule has 0 radical (unpaired) electrons. The van der Waals surface area contributed by atoms with Crippen LogP contribution >= 0.6 is 0 Å². The van der Waals surface area contributed by atoms with Crippen molar-refractivity contribution in [1.29, 1.82) is 0 Å². The Morgan fingerprint density at radius 2 is 2.00 bits per heavy atom. The van der Waals surface area contributed by atoms with Crippen molar-refractivity contribution in [3.05, 3.63) is 35.6 Å². The highest BCUT2D eigenvalue weighted by atomic mass is 32.2. The topological polar surface area (TPSA) is 55.4 Å². The molecule has 2 atom stereocenters. The smallest absolute Gasteiger partial charge is 0.264 e. The molecule has 2 rings (SSSR count). The van der Waals surface area contributed by atoms with Crippen LogP contribution in [-0.4, -0.2) is 27.3 Å². The first-order valence-corrected chi connectivity index (χ1v) is 7.63. The summed E-state index contributed by atoms with van der Waals surface area (Å²) < 4.78 is 40.0. The van der Waals surface area contributed by atoms with E-state index in [1.54, 1.807) is 12.1 Å². The van der Waals surface area contributed by atoms with Gasteiger partial charge in [-0.3, -0.25) is 4.18 Å². The van der Waals surface area contributed by atoms with Gasteiger partial charge < -0.3 is 5.32 Å². The van der Waals surface area contributed by atoms with Crippen LogP contribution in [0.15, 0.2) is 24.3 Å². The van der Waals surface area contributed by atoms with Crippen molar-refractivity contribution < 1.29 is 17.0 Å². The average Bonchev–Trinajstić information content (AvgIpc) is 2.28. The maximum absolute atomic E-state index is 12.8. The zero-order valence-corrected chi connectivity index (χ0v) is 10.9. The van der Waals surface area contributed by atoms with Crippen LogP contribution in [0.4, 0.5) is 4.39 Å². The van der Waals surface area contributed by atoms with Crippen LogP contribution < -0.4 is 5.32 Å². The van der Waals surface area contributed by atoms with Gasteiger partial charge in [-0.15, -0.1) is 0 Å². The Morgan fingerprint density at radius 3 is 2.61 bits per heavy atom. The predicted molar refractivity (Wildman–Crippen MR) is 66.1 cm³/mol. The molecule has 1 aromatic carbocycles. The summed E-state index contributed by atoms with van der Waals surface area (Å²) in [6.45, 7) is 0.683. The second kappa shape index (κ2) is 5.34. The van der Waals surface area contributed by atoms with Gasteiger partial charge in [-0.05, 0) is 37.1 Å². The lowest BCUT2D eigenvalue weighted by molar-refractivity contribution is 0.148. The molecule has 1 aliphatic heterocycles. The van der Waals surface area contributed by atoms with Gasteiger partial charge in [0.05, 0.1) is 12.4 Å². The van der Waals surface area contributed by atoms with Gasteiger partial charge in [0.2, 0.25) is 0 Å². The van der Waals surface area contributed by atoms with Crippen LogP contribution in [-0.2, 0) is 14.3 Å². The molecule has 0 saturated carbocycles. The predicted octanol–water partition coefficient (Wildman–Crippen LogP) is 1.59. The van der Waals surface area contributed by atoms with Crippen molar-refractivity contribution in [2.45, 2.75) is 25.0 Å². The number of rotatable bonds is 3. The van der Waals surface area contributed by atoms with Crippen LogP contribution in [0.5, 0.6) is 0 Å². The number of piperidine rings is 1. The molecule has 4 nitrogen and oxygen atoms in total. The fourth-order valence-corrected chi connectivity index (χ4v) is 2.84. The summed E-state index contributed by atoms with van der Waals surface area (Å²) in [7, 11) is -3.42. The van der Waals surface area contributed by atoms with Crippen molar-refractivity contribution in [1.82, 2.24) is 5.32 Å². The first-order chi connectivity index (χ1) is 8.44. The van der Waals surface area contributed by atoms with Crippen molar-refractivity contribution in [3.63, 3.8) is 0 Å². The van der Waals surface area contributed by atoms with Crippen LogP contribution in [0, 0.1) is 5.82 Å². The lowest BCUT2D eigenvalue weighted by Gasteiger charge is -2.29. The fraction of sp³-hybridized carbons (Fsp3) is 0.500. The Labute approximate surface area is 106 Å². The maximum atomic E-state index is 12.8. The van der Waals surface area contributed by atoms with Gasteiger partial charge in [-0.25, -0.2) is 4.39 Å². The van der Waals surface area contributed by atoms with Gasteiger partial charge in [-0.1, -0.05) is 12.1 Å². The zero-order chi connectivity index (χ0) is 13.2. The summed E-state index contributed by atoms with van der Waals surface area (Å²) in [5, 5.41) is 3.27. The van der Waals surface area contributed by atoms with E-state index in [1.807, 2.05) is 0 Å². The normalized spacial score (nSPS) is 25.0. The Kier molecular flexibility index (Phi) is 3.99. The van der Waals surface area contributed by atoms with Crippen LogP contribution in [0.3, 0.4) is 0 Å². The van der Waals surface area contributed by atoms with E-state index < -0.39 is 10.1 Å². The molecular formula is C12H16FNO3S. The molecule has 1 N–H and O–H groups in total. The highest BCUT2D eigenvalue weighted by molar-refractivity contribution is 7.86. The summed E-state index contributed by atoms with van der Waals surface area (Å²) in [5.41, 5.74) is 0.943. The third-order valence-electron chi connectivity index (χ3n) is 2.94. The monoisotopic (exact) mass is 273 g/mol. The summed E-state index contributed by atoms with van der Waals surface area (Å²) in [5.74, 6) is -0.279. The lowest BCUT2D eigenvalue weighted by atomic mass is 9.96. The Balaban J connectivity index is 2.04. The van der Waals surface area contributed by atoms with Gasteiger partial charge in [-0.2, -0.15) is 8.42 Å². The van der Waals surface area contributed by atoms with Gasteiger partial charge >= 0.3 is 0 Å². The SMILES string of the molecule is CS(=O)(=O)OC1CCNC(c2ccc(F)cc2)C1. The minimum atomic E-state index is -3.42. The van der Waals surface area contributed by atoms with E-state index in [9.17, 15) is 12.8 Å². The number of hydrogen-bond donors (Lipinski definition) is 1. The quantitative estimate of drug-likeness (QED) is 0.850. The van der Waals surface area contributed by atoms with E-state index in [0.717, 1.165) is 11.8 Å². The Morgan fingerprint density at radius 1 is 1.33 bits per heavy atom. The number of benzene rings is 1. The Bertz CT molecular complexity index is 501. The zero-order valence-electron chi connectivity index (χ0n) is 10.1. The highest BCUT2D eigenvalue weighted by Crippen LogP contribution is 2.25. The summed E-state index contributed by atoms with van der Waals surface area (Å²) in [4.78, 5) is 0. The van der Waals surface area contributed by atoms with Crippen LogP contribution in [0.2, 0.25) is 0 Å². The standard InChI is InChI=1S/C12H16FNO3S/c1-18(15,16)17-11-6-7-14-12(8-11)9-2-4-10(13)5-3-9/h2-5,11-12,14H,6-8H2,1H3. The third kappa shape index (κ3) is 3.76. The van der Waals surface area contributed by atoms with E-state index in [1.165, 1.54) is 12.1 Å². The minimum absolute atomic E-state index is 0.00565. The highest BCUT2D eigenvalue weighted by Gasteiger charge is 2.25. The Hall–Kier alpha value is -0.980. The van der Waals surface area contributed by atoms with Crippen molar-refractivity contribution in [3.8, 4) is 0 Å². The minimum Gasteiger partial charge on any atom is -0.310 e. The van der Waals surface area contributed by atoms with Crippen molar-refractivity contribution in [2.24, 2.45) is 0 Å². The summed E-state index contributed by atoms with van der Waals surface area (Å²) >= 11 is 0. The largest absolute Gasteiger partial charge is 0.310 e. The lowest BCUT2D eigenvalue weighted by Crippen LogP contribution is -2.36. The van der Waals surface area contributed by atoms with E-state index in [4.69, 9.17) is 4.18 Å². The van der Waals surface area contributed by atoms with Crippen LogP contribution in [0.1, 0.15) is 24.4 Å². The van der Waals surface area contributed by atoms with E-state index >= 15 is 0 Å². The van der Waals surface area contributed by atoms with E-state index in [2.05, 4.69) is 5.32 Å². The molecule has 18 heavy (non-hydrogen) atoms. The molecule has 100 valence electrons. The first kappa shape index (κ1) is 13.5. The van der Waals surface area contributed by atoms with Crippen molar-refractivity contribution in [2.75, 3.05) is 12.8 Å². The maximum Gasteiger partial charge on any atom is 0.264 e. The molecule has 0 aliphatic carbocycles. The molecule has 1 aromatic rings. The van der Waals surface area contributed by atoms with Crippen LogP contribution in [0.25, 0.3) is 0 Å². The van der Waals surface area contributed by atoms with Gasteiger partial charge in [0.1, 0.15) is 5.82 Å². The second-order valence-electron chi connectivity index (χ2n) is 4.50. The molecule has 0 spiro atoms. The fourth-order valence-electron chi connectivity index (χ4n) is 2.17. The average molecular weight is 273 g/mol.